The Morgan fingerprint density at radius 3 is 2.33 bits per heavy atom. The Balaban J connectivity index is 2.78. The summed E-state index contributed by atoms with van der Waals surface area (Å²) in [5.41, 5.74) is 5.70. The van der Waals surface area contributed by atoms with Crippen LogP contribution in [0.15, 0.2) is 4.90 Å². The number of nitrogens with zero attached hydrogens (tertiary/aromatic N) is 2. The van der Waals surface area contributed by atoms with Crippen molar-refractivity contribution in [3.8, 4) is 0 Å². The second-order valence-corrected chi connectivity index (χ2v) is 8.47. The van der Waals surface area contributed by atoms with Crippen LogP contribution in [0.5, 0.6) is 0 Å². The van der Waals surface area contributed by atoms with E-state index in [0.717, 1.165) is 18.1 Å². The summed E-state index contributed by atoms with van der Waals surface area (Å²) in [6, 6.07) is 0.884. The first-order valence-corrected chi connectivity index (χ1v) is 9.60. The van der Waals surface area contributed by atoms with Crippen molar-refractivity contribution >= 4 is 32.2 Å². The zero-order chi connectivity index (χ0) is 16.2. The first-order valence-electron chi connectivity index (χ1n) is 7.18. The van der Waals surface area contributed by atoms with Crippen LogP contribution in [0.1, 0.15) is 34.6 Å². The summed E-state index contributed by atoms with van der Waals surface area (Å²) in [6.45, 7) is 11.7. The zero-order valence-corrected chi connectivity index (χ0v) is 15.0. The van der Waals surface area contributed by atoms with Crippen LogP contribution in [0.2, 0.25) is 0 Å². The van der Waals surface area contributed by atoms with Gasteiger partial charge in [-0.15, -0.1) is 0 Å². The molecular formula is C13H26N4O2S2. The Bertz CT molecular complexity index is 545. The van der Waals surface area contributed by atoms with Crippen molar-refractivity contribution in [3.63, 3.8) is 0 Å². The van der Waals surface area contributed by atoms with Gasteiger partial charge in [0.2, 0.25) is 0 Å². The lowest BCUT2D eigenvalue weighted by atomic mass is 10.2. The minimum atomic E-state index is -3.35. The number of sulfone groups is 1. The average molecular weight is 335 g/mol. The number of nitrogens with two attached hydrogens (primary N) is 1. The predicted octanol–water partition coefficient (Wildman–Crippen LogP) is 2.05. The van der Waals surface area contributed by atoms with Crippen molar-refractivity contribution < 1.29 is 8.42 Å². The molecule has 0 aliphatic heterocycles. The number of hydrogen-bond donors (Lipinski definition) is 2. The van der Waals surface area contributed by atoms with Crippen LogP contribution in [0.4, 0.5) is 10.8 Å². The van der Waals surface area contributed by atoms with Gasteiger partial charge in [0.25, 0.3) is 0 Å². The second kappa shape index (κ2) is 7.42. The molecule has 1 aromatic rings. The summed E-state index contributed by atoms with van der Waals surface area (Å²) in [5.74, 6) is 0.114. The van der Waals surface area contributed by atoms with E-state index in [0.29, 0.717) is 23.6 Å². The molecule has 122 valence electrons. The van der Waals surface area contributed by atoms with E-state index in [2.05, 4.69) is 42.3 Å². The predicted molar refractivity (Wildman–Crippen MR) is 89.7 cm³/mol. The molecule has 1 heterocycles. The van der Waals surface area contributed by atoms with E-state index >= 15 is 0 Å². The maximum atomic E-state index is 12.1. The molecule has 0 aliphatic rings. The van der Waals surface area contributed by atoms with Crippen molar-refractivity contribution in [2.45, 2.75) is 51.6 Å². The molecule has 0 unspecified atom stereocenters. The van der Waals surface area contributed by atoms with Gasteiger partial charge in [-0.1, -0.05) is 6.92 Å². The normalized spacial score (nSPS) is 12.6. The van der Waals surface area contributed by atoms with Crippen molar-refractivity contribution in [3.05, 3.63) is 0 Å². The SMILES string of the molecule is CCS(=O)(=O)c1c(N)nsc1NCCN(C(C)C)C(C)C. The van der Waals surface area contributed by atoms with Gasteiger partial charge in [0.05, 0.1) is 5.75 Å². The van der Waals surface area contributed by atoms with Gasteiger partial charge in [-0.25, -0.2) is 8.42 Å². The van der Waals surface area contributed by atoms with Gasteiger partial charge in [-0.2, -0.15) is 4.37 Å². The highest BCUT2D eigenvalue weighted by Crippen LogP contribution is 2.32. The standard InChI is InChI=1S/C13H26N4O2S2/c1-6-21(18,19)11-12(14)16-20-13(11)15-7-8-17(9(2)3)10(4)5/h9-10,15H,6-8H2,1-5H3,(H2,14,16). The third-order valence-electron chi connectivity index (χ3n) is 3.35. The van der Waals surface area contributed by atoms with E-state index in [-0.39, 0.29) is 16.5 Å². The maximum Gasteiger partial charge on any atom is 0.184 e. The molecule has 0 saturated carbocycles. The Morgan fingerprint density at radius 1 is 1.29 bits per heavy atom. The highest BCUT2D eigenvalue weighted by Gasteiger charge is 2.24. The fourth-order valence-electron chi connectivity index (χ4n) is 2.26. The molecular weight excluding hydrogens is 308 g/mol. The van der Waals surface area contributed by atoms with Crippen LogP contribution in [-0.4, -0.2) is 48.6 Å². The summed E-state index contributed by atoms with van der Waals surface area (Å²) in [6.07, 6.45) is 0. The molecule has 0 aliphatic carbocycles. The first-order chi connectivity index (χ1) is 9.70. The molecule has 8 heteroatoms. The van der Waals surface area contributed by atoms with Crippen molar-refractivity contribution in [2.75, 3.05) is 29.9 Å². The lowest BCUT2D eigenvalue weighted by molar-refractivity contribution is 0.182. The Kier molecular flexibility index (Phi) is 6.42. The third-order valence-corrected chi connectivity index (χ3v) is 6.09. The molecule has 21 heavy (non-hydrogen) atoms. The van der Waals surface area contributed by atoms with Crippen molar-refractivity contribution in [1.29, 1.82) is 0 Å². The lowest BCUT2D eigenvalue weighted by Crippen LogP contribution is -2.40. The van der Waals surface area contributed by atoms with Crippen LogP contribution >= 0.6 is 11.5 Å². The molecule has 0 saturated heterocycles. The molecule has 0 aromatic carbocycles. The lowest BCUT2D eigenvalue weighted by Gasteiger charge is -2.30. The average Bonchev–Trinajstić information content (AvgIpc) is 2.75. The number of anilines is 2. The van der Waals surface area contributed by atoms with Crippen LogP contribution in [0.3, 0.4) is 0 Å². The van der Waals surface area contributed by atoms with Crippen molar-refractivity contribution in [2.24, 2.45) is 0 Å². The number of nitrogen functional groups attached to an aromatic ring is 1. The number of rotatable bonds is 8. The van der Waals surface area contributed by atoms with Crippen LogP contribution in [-0.2, 0) is 9.84 Å². The molecule has 3 N–H and O–H groups in total. The van der Waals surface area contributed by atoms with E-state index in [4.69, 9.17) is 5.73 Å². The number of nitrogens with one attached hydrogen (secondary N) is 1. The minimum absolute atomic E-state index is 0.0222. The fourth-order valence-corrected chi connectivity index (χ4v) is 4.46. The highest BCUT2D eigenvalue weighted by molar-refractivity contribution is 7.91. The summed E-state index contributed by atoms with van der Waals surface area (Å²) >= 11 is 1.10. The quantitative estimate of drug-likeness (QED) is 0.756. The molecule has 0 fully saturated rings. The van der Waals surface area contributed by atoms with E-state index in [1.807, 2.05) is 0 Å². The second-order valence-electron chi connectivity index (χ2n) is 5.48. The van der Waals surface area contributed by atoms with Gasteiger partial charge in [0.1, 0.15) is 9.90 Å². The fraction of sp³-hybridized carbons (Fsp3) is 0.769. The maximum absolute atomic E-state index is 12.1. The van der Waals surface area contributed by atoms with Gasteiger partial charge < -0.3 is 11.1 Å². The van der Waals surface area contributed by atoms with Gasteiger partial charge in [-0.3, -0.25) is 4.90 Å². The summed E-state index contributed by atoms with van der Waals surface area (Å²) in [7, 11) is -3.35. The third kappa shape index (κ3) is 4.55. The van der Waals surface area contributed by atoms with Gasteiger partial charge in [0, 0.05) is 25.2 Å². The van der Waals surface area contributed by atoms with Crippen LogP contribution in [0, 0.1) is 0 Å². The smallest absolute Gasteiger partial charge is 0.184 e. The van der Waals surface area contributed by atoms with Gasteiger partial charge >= 0.3 is 0 Å². The summed E-state index contributed by atoms with van der Waals surface area (Å²) in [5, 5.41) is 3.71. The van der Waals surface area contributed by atoms with Crippen molar-refractivity contribution in [1.82, 2.24) is 9.27 Å². The molecule has 0 spiro atoms. The van der Waals surface area contributed by atoms with Crippen LogP contribution < -0.4 is 11.1 Å². The van der Waals surface area contributed by atoms with E-state index < -0.39 is 9.84 Å². The first kappa shape index (κ1) is 18.2. The Hall–Kier alpha value is -0.860. The summed E-state index contributed by atoms with van der Waals surface area (Å²) in [4.78, 5) is 2.49. The molecule has 0 radical (unpaired) electrons. The number of hydrogen-bond acceptors (Lipinski definition) is 7. The van der Waals surface area contributed by atoms with Gasteiger partial charge in [0.15, 0.2) is 15.7 Å². The highest BCUT2D eigenvalue weighted by atomic mass is 32.2. The molecule has 0 amide bonds. The summed E-state index contributed by atoms with van der Waals surface area (Å²) < 4.78 is 28.1. The number of aromatic nitrogens is 1. The van der Waals surface area contributed by atoms with E-state index in [1.54, 1.807) is 6.92 Å². The molecule has 0 bridgehead atoms. The van der Waals surface area contributed by atoms with E-state index in [9.17, 15) is 8.42 Å². The minimum Gasteiger partial charge on any atom is -0.382 e. The molecule has 6 nitrogen and oxygen atoms in total. The Labute approximate surface area is 131 Å². The molecule has 1 rings (SSSR count). The van der Waals surface area contributed by atoms with Gasteiger partial charge in [-0.05, 0) is 39.2 Å². The topological polar surface area (TPSA) is 88.3 Å². The zero-order valence-electron chi connectivity index (χ0n) is 13.4. The monoisotopic (exact) mass is 334 g/mol. The molecule has 0 atom stereocenters. The largest absolute Gasteiger partial charge is 0.382 e. The van der Waals surface area contributed by atoms with Crippen LogP contribution in [0.25, 0.3) is 0 Å². The Morgan fingerprint density at radius 2 is 1.86 bits per heavy atom. The van der Waals surface area contributed by atoms with E-state index in [1.165, 1.54) is 0 Å². The molecule has 1 aromatic heterocycles.